The minimum Gasteiger partial charge on any atom is -0.478 e. The number of aromatic nitrogens is 3. The lowest BCUT2D eigenvalue weighted by molar-refractivity contribution is 0.0696. The SMILES string of the molecule is Cc1nn(Cc2ccno2)cc1C(=O)O. The van der Waals surface area contributed by atoms with E-state index in [0.29, 0.717) is 18.0 Å². The van der Waals surface area contributed by atoms with Gasteiger partial charge in [-0.15, -0.1) is 0 Å². The molecule has 1 N–H and O–H groups in total. The Morgan fingerprint density at radius 2 is 2.47 bits per heavy atom. The Morgan fingerprint density at radius 1 is 1.67 bits per heavy atom. The van der Waals surface area contributed by atoms with Crippen molar-refractivity contribution in [1.82, 2.24) is 14.9 Å². The molecule has 2 rings (SSSR count). The van der Waals surface area contributed by atoms with Crippen molar-refractivity contribution in [1.29, 1.82) is 0 Å². The quantitative estimate of drug-likeness (QED) is 0.809. The van der Waals surface area contributed by atoms with Crippen molar-refractivity contribution >= 4 is 5.97 Å². The standard InChI is InChI=1S/C9H9N3O3/c1-6-8(9(13)14)5-12(11-6)4-7-2-3-10-15-7/h2-3,5H,4H2,1H3,(H,13,14). The Hall–Kier alpha value is -2.11. The van der Waals surface area contributed by atoms with Gasteiger partial charge in [-0.25, -0.2) is 4.79 Å². The highest BCUT2D eigenvalue weighted by atomic mass is 16.5. The normalized spacial score (nSPS) is 10.5. The summed E-state index contributed by atoms with van der Waals surface area (Å²) >= 11 is 0. The molecule has 0 amide bonds. The molecular formula is C9H9N3O3. The van der Waals surface area contributed by atoms with Gasteiger partial charge in [-0.1, -0.05) is 5.16 Å². The number of hydrogen-bond donors (Lipinski definition) is 1. The van der Waals surface area contributed by atoms with Crippen molar-refractivity contribution < 1.29 is 14.4 Å². The molecule has 2 aromatic rings. The highest BCUT2D eigenvalue weighted by Crippen LogP contribution is 2.07. The maximum atomic E-state index is 10.7. The van der Waals surface area contributed by atoms with Gasteiger partial charge in [-0.3, -0.25) is 4.68 Å². The van der Waals surface area contributed by atoms with Gasteiger partial charge in [0.05, 0.1) is 11.9 Å². The Labute approximate surface area is 85.1 Å². The molecule has 0 fully saturated rings. The lowest BCUT2D eigenvalue weighted by Gasteiger charge is -1.94. The third-order valence-electron chi connectivity index (χ3n) is 1.99. The summed E-state index contributed by atoms with van der Waals surface area (Å²) in [4.78, 5) is 10.7. The molecule has 0 radical (unpaired) electrons. The first-order valence-corrected chi connectivity index (χ1v) is 4.33. The van der Waals surface area contributed by atoms with Crippen molar-refractivity contribution in [2.24, 2.45) is 0 Å². The van der Waals surface area contributed by atoms with E-state index in [-0.39, 0.29) is 5.56 Å². The van der Waals surface area contributed by atoms with Gasteiger partial charge in [0.2, 0.25) is 0 Å². The molecular weight excluding hydrogens is 198 g/mol. The Balaban J connectivity index is 2.23. The summed E-state index contributed by atoms with van der Waals surface area (Å²) in [6, 6.07) is 1.71. The molecule has 0 aliphatic carbocycles. The van der Waals surface area contributed by atoms with Crippen LogP contribution in [0.1, 0.15) is 21.8 Å². The van der Waals surface area contributed by atoms with E-state index < -0.39 is 5.97 Å². The maximum absolute atomic E-state index is 10.7. The molecule has 6 nitrogen and oxygen atoms in total. The third kappa shape index (κ3) is 1.88. The lowest BCUT2D eigenvalue weighted by atomic mass is 10.3. The topological polar surface area (TPSA) is 81.2 Å². The van der Waals surface area contributed by atoms with Crippen LogP contribution < -0.4 is 0 Å². The van der Waals surface area contributed by atoms with Crippen LogP contribution in [0, 0.1) is 6.92 Å². The van der Waals surface area contributed by atoms with E-state index in [1.54, 1.807) is 13.0 Å². The first kappa shape index (κ1) is 9.45. The van der Waals surface area contributed by atoms with Gasteiger partial charge in [0.25, 0.3) is 0 Å². The average Bonchev–Trinajstić information content (AvgIpc) is 2.75. The van der Waals surface area contributed by atoms with Crippen molar-refractivity contribution in [3.63, 3.8) is 0 Å². The fourth-order valence-corrected chi connectivity index (χ4v) is 1.29. The van der Waals surface area contributed by atoms with E-state index in [9.17, 15) is 4.79 Å². The Kier molecular flexibility index (Phi) is 2.24. The van der Waals surface area contributed by atoms with Crippen LogP contribution in [0.3, 0.4) is 0 Å². The van der Waals surface area contributed by atoms with Gasteiger partial charge in [0, 0.05) is 12.3 Å². The summed E-state index contributed by atoms with van der Waals surface area (Å²) in [6.45, 7) is 2.04. The Morgan fingerprint density at radius 3 is 3.00 bits per heavy atom. The van der Waals surface area contributed by atoms with Crippen LogP contribution in [0.25, 0.3) is 0 Å². The first-order valence-electron chi connectivity index (χ1n) is 4.33. The molecule has 15 heavy (non-hydrogen) atoms. The third-order valence-corrected chi connectivity index (χ3v) is 1.99. The molecule has 0 aliphatic rings. The molecule has 0 aromatic carbocycles. The molecule has 78 valence electrons. The van der Waals surface area contributed by atoms with E-state index in [2.05, 4.69) is 10.3 Å². The number of aryl methyl sites for hydroxylation is 1. The lowest BCUT2D eigenvalue weighted by Crippen LogP contribution is -1.99. The van der Waals surface area contributed by atoms with Crippen LogP contribution in [-0.4, -0.2) is 26.0 Å². The number of nitrogens with zero attached hydrogens (tertiary/aromatic N) is 3. The van der Waals surface area contributed by atoms with Crippen molar-refractivity contribution in [2.75, 3.05) is 0 Å². The predicted octanol–water partition coefficient (Wildman–Crippen LogP) is 0.926. The number of aromatic carboxylic acids is 1. The van der Waals surface area contributed by atoms with Crippen LogP contribution in [-0.2, 0) is 6.54 Å². The average molecular weight is 207 g/mol. The number of rotatable bonds is 3. The molecule has 2 aromatic heterocycles. The van der Waals surface area contributed by atoms with Gasteiger partial charge in [-0.05, 0) is 6.92 Å². The summed E-state index contributed by atoms with van der Waals surface area (Å²) in [5.41, 5.74) is 0.691. The smallest absolute Gasteiger partial charge is 0.339 e. The number of carboxylic acids is 1. The van der Waals surface area contributed by atoms with Gasteiger partial charge in [-0.2, -0.15) is 5.10 Å². The monoisotopic (exact) mass is 207 g/mol. The molecule has 0 aliphatic heterocycles. The number of hydrogen-bond acceptors (Lipinski definition) is 4. The van der Waals surface area contributed by atoms with Crippen LogP contribution in [0.5, 0.6) is 0 Å². The number of carbonyl (C=O) groups is 1. The van der Waals surface area contributed by atoms with Crippen LogP contribution >= 0.6 is 0 Å². The zero-order valence-electron chi connectivity index (χ0n) is 8.04. The van der Waals surface area contributed by atoms with E-state index >= 15 is 0 Å². The second kappa shape index (κ2) is 3.56. The van der Waals surface area contributed by atoms with Crippen molar-refractivity contribution in [3.8, 4) is 0 Å². The van der Waals surface area contributed by atoms with E-state index in [1.807, 2.05) is 0 Å². The minimum absolute atomic E-state index is 0.203. The molecule has 0 bridgehead atoms. The summed E-state index contributed by atoms with van der Waals surface area (Å²) in [7, 11) is 0. The second-order valence-corrected chi connectivity index (χ2v) is 3.11. The molecule has 0 saturated carbocycles. The fourth-order valence-electron chi connectivity index (χ4n) is 1.29. The van der Waals surface area contributed by atoms with Gasteiger partial charge < -0.3 is 9.63 Å². The largest absolute Gasteiger partial charge is 0.478 e. The zero-order valence-corrected chi connectivity index (χ0v) is 8.04. The minimum atomic E-state index is -0.976. The van der Waals surface area contributed by atoms with Crippen molar-refractivity contribution in [2.45, 2.75) is 13.5 Å². The van der Waals surface area contributed by atoms with Gasteiger partial charge in [0.1, 0.15) is 12.1 Å². The van der Waals surface area contributed by atoms with E-state index in [4.69, 9.17) is 9.63 Å². The van der Waals surface area contributed by atoms with Crippen LogP contribution in [0.15, 0.2) is 23.0 Å². The second-order valence-electron chi connectivity index (χ2n) is 3.11. The maximum Gasteiger partial charge on any atom is 0.339 e. The van der Waals surface area contributed by atoms with E-state index in [1.165, 1.54) is 17.1 Å². The highest BCUT2D eigenvalue weighted by Gasteiger charge is 2.12. The molecule has 0 atom stereocenters. The first-order chi connectivity index (χ1) is 7.16. The summed E-state index contributed by atoms with van der Waals surface area (Å²) < 4.78 is 6.40. The predicted molar refractivity (Wildman–Crippen MR) is 49.5 cm³/mol. The Bertz CT molecular complexity index is 473. The summed E-state index contributed by atoms with van der Waals surface area (Å²) in [5, 5.41) is 16.4. The van der Waals surface area contributed by atoms with E-state index in [0.717, 1.165) is 0 Å². The fraction of sp³-hybridized carbons (Fsp3) is 0.222. The molecule has 0 unspecified atom stereocenters. The highest BCUT2D eigenvalue weighted by molar-refractivity contribution is 5.88. The summed E-state index contributed by atoms with van der Waals surface area (Å²) in [6.07, 6.45) is 3.00. The molecule has 2 heterocycles. The van der Waals surface area contributed by atoms with Crippen LogP contribution in [0.2, 0.25) is 0 Å². The van der Waals surface area contributed by atoms with Crippen molar-refractivity contribution in [3.05, 3.63) is 35.5 Å². The summed E-state index contributed by atoms with van der Waals surface area (Å²) in [5.74, 6) is -0.342. The molecule has 6 heteroatoms. The van der Waals surface area contributed by atoms with Gasteiger partial charge in [0.15, 0.2) is 5.76 Å². The number of carboxylic acid groups (broad SMARTS) is 1. The van der Waals surface area contributed by atoms with Crippen LogP contribution in [0.4, 0.5) is 0 Å². The molecule has 0 spiro atoms. The van der Waals surface area contributed by atoms with Gasteiger partial charge >= 0.3 is 5.97 Å². The zero-order chi connectivity index (χ0) is 10.8. The molecule has 0 saturated heterocycles.